The predicted octanol–water partition coefficient (Wildman–Crippen LogP) is 2.34. The molecule has 1 N–H and O–H groups in total. The van der Waals surface area contributed by atoms with Crippen LogP contribution in [0.3, 0.4) is 0 Å². The van der Waals surface area contributed by atoms with Crippen LogP contribution in [0.25, 0.3) is 0 Å². The first-order valence-corrected chi connectivity index (χ1v) is 10.4. The van der Waals surface area contributed by atoms with Crippen LogP contribution in [0.5, 0.6) is 11.5 Å². The van der Waals surface area contributed by atoms with Gasteiger partial charge in [-0.3, -0.25) is 0 Å². The lowest BCUT2D eigenvalue weighted by atomic mass is 9.92. The Balaban J connectivity index is 1.54. The van der Waals surface area contributed by atoms with Crippen LogP contribution < -0.4 is 9.47 Å². The molecule has 0 bridgehead atoms. The fourth-order valence-corrected chi connectivity index (χ4v) is 4.30. The first-order chi connectivity index (χ1) is 13.8. The summed E-state index contributed by atoms with van der Waals surface area (Å²) in [7, 11) is 3.04. The third-order valence-electron chi connectivity index (χ3n) is 5.78. The van der Waals surface area contributed by atoms with E-state index in [0.717, 1.165) is 14.9 Å². The lowest BCUT2D eigenvalue weighted by molar-refractivity contribution is -0.459. The van der Waals surface area contributed by atoms with Crippen molar-refractivity contribution in [3.63, 3.8) is 0 Å². The number of aliphatic hydroxyl groups excluding tert-OH is 1. The molecule has 2 aliphatic heterocycles. The van der Waals surface area contributed by atoms with E-state index >= 15 is 0 Å². The number of hydrogen-bond donors (Lipinski definition) is 1. The Bertz CT molecular complexity index is 801. The average molecular weight is 520 g/mol. The van der Waals surface area contributed by atoms with E-state index in [2.05, 4.69) is 22.6 Å². The second kappa shape index (κ2) is 7.95. The van der Waals surface area contributed by atoms with Gasteiger partial charge < -0.3 is 38.3 Å². The van der Waals surface area contributed by atoms with Gasteiger partial charge in [-0.15, -0.1) is 0 Å². The molecule has 8 nitrogen and oxygen atoms in total. The van der Waals surface area contributed by atoms with Gasteiger partial charge in [-0.2, -0.15) is 0 Å². The van der Waals surface area contributed by atoms with Crippen LogP contribution in [-0.2, 0) is 30.3 Å². The van der Waals surface area contributed by atoms with Crippen molar-refractivity contribution in [3.8, 4) is 11.5 Å². The number of benzene rings is 1. The van der Waals surface area contributed by atoms with E-state index in [0.29, 0.717) is 12.4 Å². The number of methoxy groups -OCH3 is 2. The SMILES string of the molecule is CO[C@]1(C)O[C@H]2[C@H](OCc3cc4c(cc3I)OCO4)C=CC(O)[C@@H]2O[C@@]1(C)OC. The number of hydrogen-bond acceptors (Lipinski definition) is 8. The van der Waals surface area contributed by atoms with E-state index in [1.54, 1.807) is 26.0 Å². The quantitative estimate of drug-likeness (QED) is 0.468. The summed E-state index contributed by atoms with van der Waals surface area (Å²) in [6.45, 7) is 4.03. The van der Waals surface area contributed by atoms with E-state index in [-0.39, 0.29) is 6.79 Å². The Kier molecular flexibility index (Phi) is 5.84. The molecule has 1 aromatic carbocycles. The predicted molar refractivity (Wildman–Crippen MR) is 110 cm³/mol. The normalized spacial score (nSPS) is 38.1. The van der Waals surface area contributed by atoms with Gasteiger partial charge in [0.1, 0.15) is 24.4 Å². The largest absolute Gasteiger partial charge is 0.454 e. The van der Waals surface area contributed by atoms with Crippen LogP contribution in [-0.4, -0.2) is 62.1 Å². The molecule has 0 radical (unpaired) electrons. The highest BCUT2D eigenvalue weighted by Crippen LogP contribution is 2.43. The summed E-state index contributed by atoms with van der Waals surface area (Å²) in [6, 6.07) is 3.85. The van der Waals surface area contributed by atoms with Gasteiger partial charge in [-0.05, 0) is 54.1 Å². The maximum absolute atomic E-state index is 10.5. The Morgan fingerprint density at radius 1 is 1.03 bits per heavy atom. The van der Waals surface area contributed by atoms with Gasteiger partial charge in [0, 0.05) is 17.8 Å². The zero-order valence-electron chi connectivity index (χ0n) is 16.7. The van der Waals surface area contributed by atoms with Crippen LogP contribution in [0.1, 0.15) is 19.4 Å². The highest BCUT2D eigenvalue weighted by atomic mass is 127. The second-order valence-corrected chi connectivity index (χ2v) is 8.57. The van der Waals surface area contributed by atoms with E-state index in [1.165, 1.54) is 14.2 Å². The van der Waals surface area contributed by atoms with E-state index in [1.807, 2.05) is 12.1 Å². The fourth-order valence-electron chi connectivity index (χ4n) is 3.70. The molecule has 0 spiro atoms. The monoisotopic (exact) mass is 520 g/mol. The number of halogens is 1. The van der Waals surface area contributed by atoms with Crippen LogP contribution in [0.15, 0.2) is 24.3 Å². The summed E-state index contributed by atoms with van der Waals surface area (Å²) in [5.74, 6) is -0.927. The lowest BCUT2D eigenvalue weighted by Crippen LogP contribution is -2.69. The Labute approximate surface area is 183 Å². The summed E-state index contributed by atoms with van der Waals surface area (Å²) < 4.78 is 41.5. The van der Waals surface area contributed by atoms with Gasteiger partial charge in [0.05, 0.1) is 6.61 Å². The first kappa shape index (κ1) is 21.3. The first-order valence-electron chi connectivity index (χ1n) is 9.32. The molecule has 160 valence electrons. The van der Waals surface area contributed by atoms with Crippen molar-refractivity contribution in [1.29, 1.82) is 0 Å². The van der Waals surface area contributed by atoms with Gasteiger partial charge >= 0.3 is 0 Å². The van der Waals surface area contributed by atoms with Crippen molar-refractivity contribution in [2.24, 2.45) is 0 Å². The second-order valence-electron chi connectivity index (χ2n) is 7.41. The number of rotatable bonds is 5. The molecule has 29 heavy (non-hydrogen) atoms. The molecule has 1 fully saturated rings. The van der Waals surface area contributed by atoms with Crippen LogP contribution in [0.2, 0.25) is 0 Å². The molecule has 9 heteroatoms. The highest BCUT2D eigenvalue weighted by Gasteiger charge is 2.59. The highest BCUT2D eigenvalue weighted by molar-refractivity contribution is 14.1. The van der Waals surface area contributed by atoms with E-state index < -0.39 is 36.0 Å². The summed E-state index contributed by atoms with van der Waals surface area (Å²) in [5.41, 5.74) is 0.971. The van der Waals surface area contributed by atoms with Crippen molar-refractivity contribution in [3.05, 3.63) is 33.4 Å². The molecular formula is C20H25IO8. The molecule has 4 rings (SSSR count). The lowest BCUT2D eigenvalue weighted by Gasteiger charge is -2.54. The third-order valence-corrected chi connectivity index (χ3v) is 6.79. The summed E-state index contributed by atoms with van der Waals surface area (Å²) in [4.78, 5) is 0. The zero-order chi connectivity index (χ0) is 20.8. The number of fused-ring (bicyclic) bond motifs is 2. The maximum atomic E-state index is 10.5. The molecule has 0 saturated carbocycles. The van der Waals surface area contributed by atoms with Crippen molar-refractivity contribution in [2.45, 2.75) is 56.4 Å². The van der Waals surface area contributed by atoms with Gasteiger partial charge in [0.25, 0.3) is 0 Å². The topological polar surface area (TPSA) is 84.8 Å². The van der Waals surface area contributed by atoms with Gasteiger partial charge in [0.2, 0.25) is 18.4 Å². The molecule has 1 saturated heterocycles. The molecule has 0 aromatic heterocycles. The molecule has 1 aliphatic carbocycles. The van der Waals surface area contributed by atoms with Crippen LogP contribution in [0, 0.1) is 3.57 Å². The van der Waals surface area contributed by atoms with Gasteiger partial charge in [0.15, 0.2) is 11.5 Å². The van der Waals surface area contributed by atoms with Crippen LogP contribution >= 0.6 is 22.6 Å². The molecule has 1 unspecified atom stereocenters. The summed E-state index contributed by atoms with van der Waals surface area (Å²) in [6.07, 6.45) is 0.928. The van der Waals surface area contributed by atoms with Crippen LogP contribution in [0.4, 0.5) is 0 Å². The van der Waals surface area contributed by atoms with Crippen molar-refractivity contribution in [2.75, 3.05) is 21.0 Å². The standard InChI is InChI=1S/C20H25IO8/c1-19(23-3)20(2,24-4)29-18-14(6-5-13(22)17(18)28-19)25-9-11-7-15-16(8-12(11)21)27-10-26-15/h5-8,13-14,17-18,22H,9-10H2,1-4H3/t13?,14-,17+,18+,19-,20-/m1/s1. The number of ether oxygens (including phenoxy) is 7. The maximum Gasteiger partial charge on any atom is 0.231 e. The Morgan fingerprint density at radius 2 is 1.66 bits per heavy atom. The summed E-state index contributed by atoms with van der Waals surface area (Å²) >= 11 is 2.24. The van der Waals surface area contributed by atoms with Crippen molar-refractivity contribution >= 4 is 22.6 Å². The zero-order valence-corrected chi connectivity index (χ0v) is 18.9. The molecular weight excluding hydrogens is 495 g/mol. The Morgan fingerprint density at radius 3 is 2.31 bits per heavy atom. The molecule has 1 aromatic rings. The third kappa shape index (κ3) is 3.67. The van der Waals surface area contributed by atoms with Gasteiger partial charge in [-0.25, -0.2) is 0 Å². The minimum absolute atomic E-state index is 0.224. The van der Waals surface area contributed by atoms with E-state index in [4.69, 9.17) is 33.2 Å². The van der Waals surface area contributed by atoms with Crippen molar-refractivity contribution in [1.82, 2.24) is 0 Å². The molecule has 0 amide bonds. The smallest absolute Gasteiger partial charge is 0.231 e. The van der Waals surface area contributed by atoms with Gasteiger partial charge in [-0.1, -0.05) is 12.2 Å². The average Bonchev–Trinajstić information content (AvgIpc) is 3.16. The summed E-state index contributed by atoms with van der Waals surface area (Å²) in [5, 5.41) is 10.5. The fraction of sp³-hybridized carbons (Fsp3) is 0.600. The number of aliphatic hydroxyl groups is 1. The Hall–Kier alpha value is -0.950. The van der Waals surface area contributed by atoms with E-state index in [9.17, 15) is 5.11 Å². The minimum atomic E-state index is -1.19. The minimum Gasteiger partial charge on any atom is -0.454 e. The molecule has 2 heterocycles. The molecule has 3 aliphatic rings. The molecule has 6 atom stereocenters. The van der Waals surface area contributed by atoms with Crippen molar-refractivity contribution < 1.29 is 38.3 Å².